The van der Waals surface area contributed by atoms with Crippen molar-refractivity contribution >= 4 is 21.4 Å². The van der Waals surface area contributed by atoms with Crippen molar-refractivity contribution in [3.05, 3.63) is 29.0 Å². The Kier molecular flexibility index (Phi) is 4.81. The standard InChI is InChI=1S/C10H10ClF4NO2S/c11-8-3-7(1-2-9(8)12)19(17,18)5-6(4-16)10(13,14)15/h1-3,6H,4-5,16H2. The average molecular weight is 320 g/mol. The molecule has 108 valence electrons. The highest BCUT2D eigenvalue weighted by molar-refractivity contribution is 7.91. The maximum Gasteiger partial charge on any atom is 0.394 e. The van der Waals surface area contributed by atoms with Crippen LogP contribution in [0.1, 0.15) is 0 Å². The number of benzene rings is 1. The van der Waals surface area contributed by atoms with E-state index < -0.39 is 50.0 Å². The molecular weight excluding hydrogens is 310 g/mol. The highest BCUT2D eigenvalue weighted by atomic mass is 35.5. The minimum atomic E-state index is -4.72. The van der Waals surface area contributed by atoms with E-state index in [0.29, 0.717) is 0 Å². The number of sulfone groups is 1. The molecule has 0 aliphatic heterocycles. The Hall–Kier alpha value is -0.860. The zero-order chi connectivity index (χ0) is 14.8. The van der Waals surface area contributed by atoms with E-state index >= 15 is 0 Å². The van der Waals surface area contributed by atoms with E-state index in [-0.39, 0.29) is 0 Å². The third-order valence-electron chi connectivity index (χ3n) is 2.42. The minimum Gasteiger partial charge on any atom is -0.330 e. The quantitative estimate of drug-likeness (QED) is 0.685. The molecular formula is C10H10ClF4NO2S. The molecule has 1 unspecified atom stereocenters. The van der Waals surface area contributed by atoms with Crippen LogP contribution in [0.5, 0.6) is 0 Å². The first kappa shape index (κ1) is 16.2. The van der Waals surface area contributed by atoms with Crippen LogP contribution in [0, 0.1) is 11.7 Å². The second-order valence-corrected chi connectivity index (χ2v) is 6.27. The second-order valence-electron chi connectivity index (χ2n) is 3.83. The Morgan fingerprint density at radius 3 is 2.32 bits per heavy atom. The van der Waals surface area contributed by atoms with Gasteiger partial charge in [-0.3, -0.25) is 0 Å². The molecule has 0 aliphatic rings. The topological polar surface area (TPSA) is 60.2 Å². The normalized spacial score (nSPS) is 14.4. The predicted octanol–water partition coefficient (Wildman–Crippen LogP) is 2.39. The summed E-state index contributed by atoms with van der Waals surface area (Å²) >= 11 is 5.39. The lowest BCUT2D eigenvalue weighted by molar-refractivity contribution is -0.165. The maximum atomic E-state index is 12.9. The molecule has 0 aliphatic carbocycles. The summed E-state index contributed by atoms with van der Waals surface area (Å²) in [5.41, 5.74) is 4.93. The van der Waals surface area contributed by atoms with Crippen LogP contribution in [0.25, 0.3) is 0 Å². The molecule has 0 bridgehead atoms. The molecule has 19 heavy (non-hydrogen) atoms. The molecule has 3 nitrogen and oxygen atoms in total. The van der Waals surface area contributed by atoms with Gasteiger partial charge in [-0.25, -0.2) is 12.8 Å². The first-order valence-electron chi connectivity index (χ1n) is 5.02. The molecule has 0 aromatic heterocycles. The summed E-state index contributed by atoms with van der Waals surface area (Å²) in [5, 5.41) is -0.475. The van der Waals surface area contributed by atoms with Crippen LogP contribution < -0.4 is 5.73 Å². The number of halogens is 5. The van der Waals surface area contributed by atoms with Gasteiger partial charge in [-0.2, -0.15) is 13.2 Å². The molecule has 0 saturated heterocycles. The van der Waals surface area contributed by atoms with Crippen LogP contribution in [-0.2, 0) is 9.84 Å². The van der Waals surface area contributed by atoms with E-state index in [0.717, 1.165) is 18.2 Å². The smallest absolute Gasteiger partial charge is 0.330 e. The van der Waals surface area contributed by atoms with Gasteiger partial charge in [-0.15, -0.1) is 0 Å². The van der Waals surface area contributed by atoms with Gasteiger partial charge in [-0.1, -0.05) is 11.6 Å². The van der Waals surface area contributed by atoms with Crippen molar-refractivity contribution in [1.82, 2.24) is 0 Å². The third kappa shape index (κ3) is 4.05. The van der Waals surface area contributed by atoms with Gasteiger partial charge >= 0.3 is 6.18 Å². The number of alkyl halides is 3. The lowest BCUT2D eigenvalue weighted by atomic mass is 10.2. The molecule has 1 aromatic rings. The molecule has 0 spiro atoms. The Morgan fingerprint density at radius 2 is 1.89 bits per heavy atom. The molecule has 2 N–H and O–H groups in total. The largest absolute Gasteiger partial charge is 0.394 e. The highest BCUT2D eigenvalue weighted by Gasteiger charge is 2.41. The molecule has 1 atom stereocenters. The predicted molar refractivity (Wildman–Crippen MR) is 62.1 cm³/mol. The number of hydrogen-bond acceptors (Lipinski definition) is 3. The zero-order valence-electron chi connectivity index (χ0n) is 9.42. The van der Waals surface area contributed by atoms with Gasteiger partial charge in [0, 0.05) is 6.54 Å². The van der Waals surface area contributed by atoms with Crippen molar-refractivity contribution in [2.45, 2.75) is 11.1 Å². The Balaban J connectivity index is 3.07. The fourth-order valence-electron chi connectivity index (χ4n) is 1.33. The van der Waals surface area contributed by atoms with Crippen LogP contribution in [0.2, 0.25) is 5.02 Å². The minimum absolute atomic E-state index is 0.471. The molecule has 1 aromatic carbocycles. The molecule has 1 rings (SSSR count). The Morgan fingerprint density at radius 1 is 1.32 bits per heavy atom. The lowest BCUT2D eigenvalue weighted by Crippen LogP contribution is -2.36. The van der Waals surface area contributed by atoms with E-state index in [9.17, 15) is 26.0 Å². The SMILES string of the molecule is NCC(CS(=O)(=O)c1ccc(F)c(Cl)c1)C(F)(F)F. The van der Waals surface area contributed by atoms with Gasteiger partial charge in [0.2, 0.25) is 0 Å². The monoisotopic (exact) mass is 319 g/mol. The van der Waals surface area contributed by atoms with Gasteiger partial charge in [0.15, 0.2) is 9.84 Å². The van der Waals surface area contributed by atoms with Gasteiger partial charge in [0.1, 0.15) is 5.82 Å². The van der Waals surface area contributed by atoms with E-state index in [2.05, 4.69) is 0 Å². The van der Waals surface area contributed by atoms with Crippen LogP contribution >= 0.6 is 11.6 Å². The van der Waals surface area contributed by atoms with Gasteiger partial charge < -0.3 is 5.73 Å². The van der Waals surface area contributed by atoms with Crippen molar-refractivity contribution in [3.63, 3.8) is 0 Å². The second kappa shape index (κ2) is 5.64. The summed E-state index contributed by atoms with van der Waals surface area (Å²) in [6.07, 6.45) is -4.72. The lowest BCUT2D eigenvalue weighted by Gasteiger charge is -2.18. The highest BCUT2D eigenvalue weighted by Crippen LogP contribution is 2.29. The first-order valence-corrected chi connectivity index (χ1v) is 7.05. The number of hydrogen-bond donors (Lipinski definition) is 1. The van der Waals surface area contributed by atoms with E-state index in [1.807, 2.05) is 0 Å². The summed E-state index contributed by atoms with van der Waals surface area (Å²) < 4.78 is 73.9. The van der Waals surface area contributed by atoms with Gasteiger partial charge in [-0.05, 0) is 18.2 Å². The van der Waals surface area contributed by atoms with Crippen molar-refractivity contribution in [2.24, 2.45) is 11.7 Å². The molecule has 0 amide bonds. The Bertz CT molecular complexity index is 559. The van der Waals surface area contributed by atoms with E-state index in [4.69, 9.17) is 17.3 Å². The third-order valence-corrected chi connectivity index (χ3v) is 4.52. The molecule has 0 heterocycles. The molecule has 0 radical (unpaired) electrons. The Labute approximate surface area is 112 Å². The van der Waals surface area contributed by atoms with Crippen LogP contribution in [0.4, 0.5) is 17.6 Å². The van der Waals surface area contributed by atoms with Crippen LogP contribution in [0.3, 0.4) is 0 Å². The summed E-state index contributed by atoms with van der Waals surface area (Å²) in [7, 11) is -4.25. The van der Waals surface area contributed by atoms with Crippen molar-refractivity contribution in [1.29, 1.82) is 0 Å². The number of nitrogens with two attached hydrogens (primary N) is 1. The molecule has 0 fully saturated rings. The van der Waals surface area contributed by atoms with Crippen molar-refractivity contribution < 1.29 is 26.0 Å². The molecule has 9 heteroatoms. The van der Waals surface area contributed by atoms with Gasteiger partial charge in [0.05, 0.1) is 21.6 Å². The van der Waals surface area contributed by atoms with Crippen LogP contribution in [0.15, 0.2) is 23.1 Å². The van der Waals surface area contributed by atoms with Gasteiger partial charge in [0.25, 0.3) is 0 Å². The zero-order valence-corrected chi connectivity index (χ0v) is 11.0. The van der Waals surface area contributed by atoms with Crippen LogP contribution in [-0.4, -0.2) is 26.9 Å². The molecule has 0 saturated carbocycles. The first-order chi connectivity index (χ1) is 8.58. The fourth-order valence-corrected chi connectivity index (χ4v) is 3.19. The van der Waals surface area contributed by atoms with E-state index in [1.165, 1.54) is 0 Å². The summed E-state index contributed by atoms with van der Waals surface area (Å²) in [6, 6.07) is 2.41. The maximum absolute atomic E-state index is 12.9. The summed E-state index contributed by atoms with van der Waals surface area (Å²) in [5.74, 6) is -4.23. The van der Waals surface area contributed by atoms with Crippen molar-refractivity contribution in [3.8, 4) is 0 Å². The fraction of sp³-hybridized carbons (Fsp3) is 0.400. The van der Waals surface area contributed by atoms with E-state index in [1.54, 1.807) is 0 Å². The number of rotatable bonds is 4. The van der Waals surface area contributed by atoms with Crippen molar-refractivity contribution in [2.75, 3.05) is 12.3 Å². The summed E-state index contributed by atoms with van der Waals surface area (Å²) in [4.78, 5) is -0.471. The summed E-state index contributed by atoms with van der Waals surface area (Å²) in [6.45, 7) is -0.850. The average Bonchev–Trinajstić information content (AvgIpc) is 2.28.